The Morgan fingerprint density at radius 2 is 1.93 bits per heavy atom. The van der Waals surface area contributed by atoms with Gasteiger partial charge in [0.15, 0.2) is 5.13 Å². The Labute approximate surface area is 171 Å². The predicted octanol–water partition coefficient (Wildman–Crippen LogP) is 3.32. The number of benzene rings is 1. The summed E-state index contributed by atoms with van der Waals surface area (Å²) in [5, 5.41) is 13.9. The van der Waals surface area contributed by atoms with Crippen LogP contribution < -0.4 is 10.0 Å². The van der Waals surface area contributed by atoms with Gasteiger partial charge in [0.2, 0.25) is 11.0 Å². The Bertz CT molecular complexity index is 1030. The minimum Gasteiger partial charge on any atom is -0.300 e. The summed E-state index contributed by atoms with van der Waals surface area (Å²) < 4.78 is 27.1. The zero-order valence-corrected chi connectivity index (χ0v) is 17.5. The minimum atomic E-state index is -3.70. The molecule has 0 atom stereocenters. The summed E-state index contributed by atoms with van der Waals surface area (Å²) in [7, 11) is -3.70. The van der Waals surface area contributed by atoms with E-state index in [9.17, 15) is 13.2 Å². The van der Waals surface area contributed by atoms with Crippen LogP contribution in [0.5, 0.6) is 0 Å². The van der Waals surface area contributed by atoms with Gasteiger partial charge in [0.25, 0.3) is 10.0 Å². The Morgan fingerprint density at radius 1 is 1.14 bits per heavy atom. The van der Waals surface area contributed by atoms with Crippen molar-refractivity contribution in [2.24, 2.45) is 0 Å². The number of nitrogens with one attached hydrogen (secondary N) is 2. The molecule has 11 heteroatoms. The van der Waals surface area contributed by atoms with E-state index in [1.165, 1.54) is 23.5 Å². The van der Waals surface area contributed by atoms with Gasteiger partial charge in [-0.05, 0) is 18.6 Å². The van der Waals surface area contributed by atoms with Crippen LogP contribution in [0.1, 0.15) is 30.5 Å². The van der Waals surface area contributed by atoms with Gasteiger partial charge in [0.1, 0.15) is 5.01 Å². The highest BCUT2D eigenvalue weighted by Gasteiger charge is 2.17. The first-order chi connectivity index (χ1) is 13.5. The molecule has 0 radical (unpaired) electrons. The molecule has 1 amide bonds. The van der Waals surface area contributed by atoms with Crippen LogP contribution in [0.3, 0.4) is 0 Å². The summed E-state index contributed by atoms with van der Waals surface area (Å²) in [5.41, 5.74) is 0.476. The van der Waals surface area contributed by atoms with Crippen molar-refractivity contribution in [2.75, 3.05) is 10.0 Å². The van der Waals surface area contributed by atoms with E-state index in [2.05, 4.69) is 32.1 Å². The van der Waals surface area contributed by atoms with Crippen molar-refractivity contribution < 1.29 is 13.2 Å². The molecule has 3 rings (SSSR count). The molecule has 0 saturated carbocycles. The van der Waals surface area contributed by atoms with Crippen molar-refractivity contribution in [2.45, 2.75) is 37.5 Å². The van der Waals surface area contributed by atoms with Gasteiger partial charge in [0, 0.05) is 11.8 Å². The van der Waals surface area contributed by atoms with Gasteiger partial charge in [-0.3, -0.25) is 9.52 Å². The summed E-state index contributed by atoms with van der Waals surface area (Å²) in [5.74, 6) is -0.277. The Kier molecular flexibility index (Phi) is 6.70. The summed E-state index contributed by atoms with van der Waals surface area (Å²) in [6, 6.07) is 8.03. The first-order valence-electron chi connectivity index (χ1n) is 8.61. The number of thiazole rings is 1. The molecule has 3 aromatic rings. The number of anilines is 2. The number of sulfonamides is 1. The molecule has 2 aromatic heterocycles. The first-order valence-corrected chi connectivity index (χ1v) is 11.8. The molecule has 0 bridgehead atoms. The largest absolute Gasteiger partial charge is 0.300 e. The lowest BCUT2D eigenvalue weighted by Gasteiger charge is -2.04. The van der Waals surface area contributed by atoms with Crippen LogP contribution in [0.15, 0.2) is 40.6 Å². The smallest absolute Gasteiger partial charge is 0.263 e. The van der Waals surface area contributed by atoms with E-state index in [1.54, 1.807) is 23.6 Å². The van der Waals surface area contributed by atoms with Crippen LogP contribution in [-0.2, 0) is 27.7 Å². The fourth-order valence-corrected chi connectivity index (χ4v) is 5.05. The molecule has 0 aliphatic heterocycles. The average Bonchev–Trinajstić information content (AvgIpc) is 3.29. The molecule has 1 aromatic carbocycles. The van der Waals surface area contributed by atoms with Gasteiger partial charge in [0.05, 0.1) is 17.0 Å². The molecule has 0 unspecified atom stereocenters. The normalized spacial score (nSPS) is 11.3. The number of nitrogens with zero attached hydrogens (tertiary/aromatic N) is 3. The van der Waals surface area contributed by atoms with Crippen molar-refractivity contribution >= 4 is 48.9 Å². The number of amides is 1. The van der Waals surface area contributed by atoms with Crippen LogP contribution in [0.2, 0.25) is 0 Å². The molecule has 0 fully saturated rings. The van der Waals surface area contributed by atoms with Crippen LogP contribution in [0.25, 0.3) is 0 Å². The van der Waals surface area contributed by atoms with Crippen molar-refractivity contribution in [3.8, 4) is 0 Å². The molecular weight excluding hydrogens is 418 g/mol. The third-order valence-electron chi connectivity index (χ3n) is 3.63. The van der Waals surface area contributed by atoms with Crippen molar-refractivity contribution in [1.82, 2.24) is 15.2 Å². The molecule has 28 heavy (non-hydrogen) atoms. The summed E-state index contributed by atoms with van der Waals surface area (Å²) in [6.45, 7) is 2.10. The summed E-state index contributed by atoms with van der Waals surface area (Å²) in [4.78, 5) is 16.5. The lowest BCUT2D eigenvalue weighted by atomic mass is 10.3. The number of carbonyl (C=O) groups is 1. The molecule has 148 valence electrons. The SMILES string of the molecule is CCCCc1nnc(NC(=O)Cc2csc(NS(=O)(=O)c3ccccc3)n2)s1. The van der Waals surface area contributed by atoms with Crippen LogP contribution in [-0.4, -0.2) is 29.5 Å². The fourth-order valence-electron chi connectivity index (χ4n) is 2.27. The van der Waals surface area contributed by atoms with E-state index in [0.29, 0.717) is 10.8 Å². The first kappa shape index (κ1) is 20.4. The quantitative estimate of drug-likeness (QED) is 0.531. The molecule has 0 spiro atoms. The maximum Gasteiger partial charge on any atom is 0.263 e. The summed E-state index contributed by atoms with van der Waals surface area (Å²) >= 11 is 2.48. The number of hydrogen-bond acceptors (Lipinski definition) is 8. The van der Waals surface area contributed by atoms with Gasteiger partial charge >= 0.3 is 0 Å². The number of hydrogen-bond donors (Lipinski definition) is 2. The highest BCUT2D eigenvalue weighted by molar-refractivity contribution is 7.93. The number of rotatable bonds is 9. The maximum absolute atomic E-state index is 12.3. The van der Waals surface area contributed by atoms with Crippen molar-refractivity contribution in [1.29, 1.82) is 0 Å². The minimum absolute atomic E-state index is 0.0213. The molecule has 2 N–H and O–H groups in total. The lowest BCUT2D eigenvalue weighted by molar-refractivity contribution is -0.115. The van der Waals surface area contributed by atoms with Gasteiger partial charge in [-0.25, -0.2) is 13.4 Å². The third kappa shape index (κ3) is 5.57. The topological polar surface area (TPSA) is 114 Å². The van der Waals surface area contributed by atoms with Crippen LogP contribution in [0.4, 0.5) is 10.3 Å². The standard InChI is InChI=1S/C17H19N5O3S3/c1-2-3-9-15-20-21-16(27-15)19-14(23)10-12-11-26-17(18-12)22-28(24,25)13-7-5-4-6-8-13/h4-8,11H,2-3,9-10H2,1H3,(H,18,22)(H,19,21,23). The number of aromatic nitrogens is 3. The molecule has 0 aliphatic carbocycles. The zero-order chi connectivity index (χ0) is 20.0. The van der Waals surface area contributed by atoms with E-state index in [-0.39, 0.29) is 22.4 Å². The molecule has 0 saturated heterocycles. The lowest BCUT2D eigenvalue weighted by Crippen LogP contribution is -2.15. The van der Waals surface area contributed by atoms with E-state index >= 15 is 0 Å². The molecule has 2 heterocycles. The highest BCUT2D eigenvalue weighted by Crippen LogP contribution is 2.21. The van der Waals surface area contributed by atoms with E-state index in [1.807, 2.05) is 0 Å². The highest BCUT2D eigenvalue weighted by atomic mass is 32.2. The Balaban J connectivity index is 1.57. The average molecular weight is 438 g/mol. The predicted molar refractivity (Wildman–Crippen MR) is 110 cm³/mol. The molecule has 8 nitrogen and oxygen atoms in total. The monoisotopic (exact) mass is 437 g/mol. The third-order valence-corrected chi connectivity index (χ3v) is 6.82. The number of carbonyl (C=O) groups excluding carboxylic acids is 1. The van der Waals surface area contributed by atoms with Gasteiger partial charge < -0.3 is 5.32 Å². The van der Waals surface area contributed by atoms with Crippen LogP contribution in [0, 0.1) is 0 Å². The molecule has 0 aliphatic rings. The Morgan fingerprint density at radius 3 is 2.68 bits per heavy atom. The fraction of sp³-hybridized carbons (Fsp3) is 0.294. The number of unbranched alkanes of at least 4 members (excludes halogenated alkanes) is 1. The van der Waals surface area contributed by atoms with Crippen LogP contribution >= 0.6 is 22.7 Å². The Hall–Kier alpha value is -2.37. The second-order valence-corrected chi connectivity index (χ2v) is 9.49. The van der Waals surface area contributed by atoms with Crippen molar-refractivity contribution in [3.63, 3.8) is 0 Å². The second-order valence-electron chi connectivity index (χ2n) is 5.89. The number of aryl methyl sites for hydroxylation is 1. The molecular formula is C17H19N5O3S3. The zero-order valence-electron chi connectivity index (χ0n) is 15.1. The van der Waals surface area contributed by atoms with E-state index in [4.69, 9.17) is 0 Å². The second kappa shape index (κ2) is 9.22. The van der Waals surface area contributed by atoms with Crippen molar-refractivity contribution in [3.05, 3.63) is 46.4 Å². The van der Waals surface area contributed by atoms with Gasteiger partial charge in [-0.1, -0.05) is 42.9 Å². The van der Waals surface area contributed by atoms with E-state index in [0.717, 1.165) is 35.6 Å². The van der Waals surface area contributed by atoms with Gasteiger partial charge in [-0.2, -0.15) is 0 Å². The van der Waals surface area contributed by atoms with E-state index < -0.39 is 10.0 Å². The maximum atomic E-state index is 12.3. The summed E-state index contributed by atoms with van der Waals surface area (Å²) in [6.07, 6.45) is 2.97. The van der Waals surface area contributed by atoms with Gasteiger partial charge in [-0.15, -0.1) is 21.5 Å².